The number of fused-ring (bicyclic) bond motifs is 1. The van der Waals surface area contributed by atoms with Crippen molar-refractivity contribution < 1.29 is 9.00 Å². The molecule has 1 atom stereocenters. The second-order valence-electron chi connectivity index (χ2n) is 3.00. The van der Waals surface area contributed by atoms with Crippen molar-refractivity contribution in [2.75, 3.05) is 5.75 Å². The molecule has 0 fully saturated rings. The third-order valence-electron chi connectivity index (χ3n) is 1.87. The van der Waals surface area contributed by atoms with Crippen LogP contribution in [0.15, 0.2) is 38.0 Å². The molecule has 0 radical (unpaired) electrons. The molecule has 2 aliphatic heterocycles. The molecule has 2 heterocycles. The minimum absolute atomic E-state index is 0.125. The average Bonchev–Trinajstić information content (AvgIpc) is 2.91. The molecule has 0 spiro atoms. The molecular weight excluding hydrogens is 244 g/mol. The molecule has 0 N–H and O–H groups in total. The predicted molar refractivity (Wildman–Crippen MR) is 66.4 cm³/mol. The molecule has 3 rings (SSSR count). The zero-order chi connectivity index (χ0) is 11.4. The van der Waals surface area contributed by atoms with E-state index in [1.54, 1.807) is 6.21 Å². The summed E-state index contributed by atoms with van der Waals surface area (Å²) in [6.45, 7) is 0. The summed E-state index contributed by atoms with van der Waals surface area (Å²) in [6, 6.07) is 7.51. The number of nitrogens with zero attached hydrogens (tertiary/aromatic N) is 2. The number of Topliss-reactive ketones (excluding diaryl/α,β-unsaturated/α-hetero) is 1. The second-order valence-corrected chi connectivity index (χ2v) is 4.90. The molecule has 4 nitrogen and oxygen atoms in total. The molecule has 0 amide bonds. The summed E-state index contributed by atoms with van der Waals surface area (Å²) in [5, 5.41) is 0. The molecule has 2 aliphatic rings. The smallest absolute Gasteiger partial charge is 0.186 e. The van der Waals surface area contributed by atoms with Gasteiger partial charge in [-0.25, -0.2) is 8.61 Å². The highest BCUT2D eigenvalue weighted by molar-refractivity contribution is 7.99. The van der Waals surface area contributed by atoms with Crippen LogP contribution in [0.1, 0.15) is 5.56 Å². The highest BCUT2D eigenvalue weighted by atomic mass is 32.2. The van der Waals surface area contributed by atoms with Crippen molar-refractivity contribution in [3.05, 3.63) is 29.8 Å². The molecule has 1 aromatic rings. The highest BCUT2D eigenvalue weighted by Crippen LogP contribution is 2.17. The van der Waals surface area contributed by atoms with Crippen molar-refractivity contribution in [3.8, 4) is 0 Å². The molecule has 6 heteroatoms. The third kappa shape index (κ3) is 2.65. The number of hydrogen-bond donors (Lipinski definition) is 0. The zero-order valence-corrected chi connectivity index (χ0v) is 9.83. The Morgan fingerprint density at radius 2 is 2.06 bits per heavy atom. The van der Waals surface area contributed by atoms with Gasteiger partial charge in [-0.2, -0.15) is 4.40 Å². The van der Waals surface area contributed by atoms with Gasteiger partial charge in [-0.3, -0.25) is 4.79 Å². The van der Waals surface area contributed by atoms with Crippen molar-refractivity contribution >= 4 is 41.1 Å². The average molecular weight is 252 g/mol. The lowest BCUT2D eigenvalue weighted by molar-refractivity contribution is -0.110. The summed E-state index contributed by atoms with van der Waals surface area (Å²) >= 11 is 1.30. The number of carbonyl (C=O) groups excluding carboxylic acids is 1. The Balaban J connectivity index is 0.000000138. The van der Waals surface area contributed by atoms with Gasteiger partial charge in [0.1, 0.15) is 0 Å². The van der Waals surface area contributed by atoms with Crippen LogP contribution in [0.4, 0.5) is 0 Å². The fourth-order valence-electron chi connectivity index (χ4n) is 1.14. The van der Waals surface area contributed by atoms with E-state index >= 15 is 0 Å². The molecule has 0 saturated heterocycles. The van der Waals surface area contributed by atoms with Gasteiger partial charge in [0.15, 0.2) is 16.8 Å². The first-order valence-corrected chi connectivity index (χ1v) is 6.55. The van der Waals surface area contributed by atoms with Crippen LogP contribution in [0, 0.1) is 0 Å². The Labute approximate surface area is 99.6 Å². The van der Waals surface area contributed by atoms with E-state index in [1.165, 1.54) is 18.2 Å². The van der Waals surface area contributed by atoms with Gasteiger partial charge in [-0.15, -0.1) is 0 Å². The van der Waals surface area contributed by atoms with Crippen LogP contribution in [0.25, 0.3) is 0 Å². The van der Waals surface area contributed by atoms with E-state index < -0.39 is 11.0 Å². The van der Waals surface area contributed by atoms with Crippen LogP contribution in [0.5, 0.6) is 0 Å². The summed E-state index contributed by atoms with van der Waals surface area (Å²) in [4.78, 5) is 10.9. The second kappa shape index (κ2) is 5.18. The minimum Gasteiger partial charge on any atom is -0.292 e. The lowest BCUT2D eigenvalue weighted by Crippen LogP contribution is -1.93. The van der Waals surface area contributed by atoms with Crippen LogP contribution in [0.2, 0.25) is 0 Å². The molecule has 1 unspecified atom stereocenters. The third-order valence-corrected chi connectivity index (χ3v) is 3.59. The van der Waals surface area contributed by atoms with E-state index in [-0.39, 0.29) is 5.78 Å². The van der Waals surface area contributed by atoms with E-state index in [2.05, 4.69) is 8.80 Å². The van der Waals surface area contributed by atoms with Crippen molar-refractivity contribution in [3.63, 3.8) is 0 Å². The van der Waals surface area contributed by atoms with Gasteiger partial charge >= 0.3 is 0 Å². The number of benzene rings is 1. The normalized spacial score (nSPS) is 20.5. The molecule has 1 aromatic carbocycles. The van der Waals surface area contributed by atoms with Gasteiger partial charge < -0.3 is 0 Å². The van der Waals surface area contributed by atoms with Crippen LogP contribution in [-0.2, 0) is 15.8 Å². The van der Waals surface area contributed by atoms with Gasteiger partial charge in [-0.05, 0) is 18.0 Å². The van der Waals surface area contributed by atoms with Gasteiger partial charge in [0.25, 0.3) is 0 Å². The maximum Gasteiger partial charge on any atom is 0.186 e. The number of ketones is 1. The monoisotopic (exact) mass is 252 g/mol. The largest absolute Gasteiger partial charge is 0.292 e. The van der Waals surface area contributed by atoms with Crippen LogP contribution in [-0.4, -0.2) is 28.2 Å². The summed E-state index contributed by atoms with van der Waals surface area (Å²) < 4.78 is 18.3. The van der Waals surface area contributed by atoms with Crippen molar-refractivity contribution in [1.82, 2.24) is 0 Å². The van der Waals surface area contributed by atoms with Crippen molar-refractivity contribution in [2.45, 2.75) is 4.90 Å². The summed E-state index contributed by atoms with van der Waals surface area (Å²) in [6.07, 6.45) is 3.00. The minimum atomic E-state index is -1.13. The lowest BCUT2D eigenvalue weighted by atomic mass is 10.2. The van der Waals surface area contributed by atoms with E-state index in [0.717, 1.165) is 10.5 Å². The molecular formula is C10H8N2O2S2. The fraction of sp³-hybridized carbons (Fsp3) is 0.100. The number of carbonyl (C=O) groups is 1. The Bertz CT molecular complexity index is 497. The Hall–Kier alpha value is -1.27. The molecule has 0 bridgehead atoms. The fourth-order valence-corrected chi connectivity index (χ4v) is 2.45. The maximum absolute atomic E-state index is 11.0. The summed E-state index contributed by atoms with van der Waals surface area (Å²) in [5.74, 6) is 0.667. The van der Waals surface area contributed by atoms with Crippen LogP contribution >= 0.6 is 11.9 Å². The maximum atomic E-state index is 11.0. The lowest BCUT2D eigenvalue weighted by Gasteiger charge is -1.90. The number of rotatable bonds is 0. The molecule has 16 heavy (non-hydrogen) atoms. The van der Waals surface area contributed by atoms with Crippen molar-refractivity contribution in [1.29, 1.82) is 0 Å². The summed E-state index contributed by atoms with van der Waals surface area (Å²) in [7, 11) is -1.13. The van der Waals surface area contributed by atoms with Gasteiger partial charge in [-0.1, -0.05) is 18.2 Å². The topological polar surface area (TPSA) is 58.9 Å². The van der Waals surface area contributed by atoms with Gasteiger partial charge in [0.2, 0.25) is 0 Å². The Morgan fingerprint density at radius 3 is 2.62 bits per heavy atom. The van der Waals surface area contributed by atoms with E-state index in [1.807, 2.05) is 24.3 Å². The molecule has 0 saturated carbocycles. The first kappa shape index (κ1) is 11.2. The Morgan fingerprint density at radius 1 is 1.25 bits per heavy atom. The standard InChI is InChI=1S/C7H5NOS.C3H3NOS/c9-10-7-4-2-1-3-6(7)5-8-10;5-3-1-4-6-2-3/h1-5H;1H,2H2. The molecule has 0 aromatic heterocycles. The SMILES string of the molecule is O=C1C=NSC1.O=S1N=Cc2ccccc21. The number of hydrogen-bond acceptors (Lipinski definition) is 4. The van der Waals surface area contributed by atoms with E-state index in [9.17, 15) is 9.00 Å². The van der Waals surface area contributed by atoms with Gasteiger partial charge in [0, 0.05) is 11.8 Å². The highest BCUT2D eigenvalue weighted by Gasteiger charge is 2.11. The van der Waals surface area contributed by atoms with Crippen molar-refractivity contribution in [2.24, 2.45) is 8.80 Å². The quantitative estimate of drug-likeness (QED) is 0.656. The molecule has 82 valence electrons. The van der Waals surface area contributed by atoms with Crippen LogP contribution < -0.4 is 0 Å². The van der Waals surface area contributed by atoms with E-state index in [0.29, 0.717) is 5.75 Å². The zero-order valence-electron chi connectivity index (χ0n) is 8.20. The predicted octanol–water partition coefficient (Wildman–Crippen LogP) is 1.43. The van der Waals surface area contributed by atoms with E-state index in [4.69, 9.17) is 0 Å². The first-order chi connectivity index (χ1) is 7.77. The van der Waals surface area contributed by atoms with Gasteiger partial charge in [0.05, 0.1) is 16.9 Å². The van der Waals surface area contributed by atoms with Crippen LogP contribution in [0.3, 0.4) is 0 Å². The first-order valence-electron chi connectivity index (χ1n) is 4.50. The molecule has 0 aliphatic carbocycles. The summed E-state index contributed by atoms with van der Waals surface area (Å²) in [5.41, 5.74) is 0.973. The Kier molecular flexibility index (Phi) is 3.63.